The minimum absolute atomic E-state index is 0.0878. The third-order valence-corrected chi connectivity index (χ3v) is 6.43. The molecule has 1 N–H and O–H groups in total. The largest absolute Gasteiger partial charge is 0.468 e. The molecule has 1 aromatic carbocycles. The second-order valence-corrected chi connectivity index (χ2v) is 9.14. The quantitative estimate of drug-likeness (QED) is 0.838. The van der Waals surface area contributed by atoms with Crippen LogP contribution in [0.5, 0.6) is 0 Å². The summed E-state index contributed by atoms with van der Waals surface area (Å²) in [6, 6.07) is 9.35. The van der Waals surface area contributed by atoms with E-state index in [2.05, 4.69) is 5.32 Å². The van der Waals surface area contributed by atoms with Crippen molar-refractivity contribution in [1.82, 2.24) is 4.90 Å². The normalized spacial score (nSPS) is 19.0. The molecule has 1 fully saturated rings. The summed E-state index contributed by atoms with van der Waals surface area (Å²) in [7, 11) is -3.03. The van der Waals surface area contributed by atoms with Gasteiger partial charge < -0.3 is 9.73 Å². The highest BCUT2D eigenvalue weighted by atomic mass is 32.2. The molecular weight excluding hydrogens is 352 g/mol. The van der Waals surface area contributed by atoms with E-state index in [1.54, 1.807) is 12.3 Å². The Hall–Kier alpha value is -2.12. The molecule has 0 saturated carbocycles. The summed E-state index contributed by atoms with van der Waals surface area (Å²) in [6.07, 6.45) is 2.12. The van der Waals surface area contributed by atoms with Crippen molar-refractivity contribution in [3.8, 4) is 0 Å². The van der Waals surface area contributed by atoms with Crippen molar-refractivity contribution in [2.75, 3.05) is 23.4 Å². The summed E-state index contributed by atoms with van der Waals surface area (Å²) < 4.78 is 29.1. The van der Waals surface area contributed by atoms with Crippen LogP contribution in [0.25, 0.3) is 0 Å². The summed E-state index contributed by atoms with van der Waals surface area (Å²) in [5.74, 6) is 0.818. The molecule has 26 heavy (non-hydrogen) atoms. The number of benzene rings is 1. The van der Waals surface area contributed by atoms with E-state index in [9.17, 15) is 13.2 Å². The molecule has 1 saturated heterocycles. The number of amides is 1. The molecule has 1 aliphatic heterocycles. The monoisotopic (exact) mass is 376 g/mol. The molecule has 7 heteroatoms. The molecule has 1 atom stereocenters. The van der Waals surface area contributed by atoms with Crippen molar-refractivity contribution in [1.29, 1.82) is 0 Å². The van der Waals surface area contributed by atoms with Gasteiger partial charge in [-0.15, -0.1) is 0 Å². The fraction of sp³-hybridized carbons (Fsp3) is 0.421. The van der Waals surface area contributed by atoms with E-state index in [-0.39, 0.29) is 30.0 Å². The minimum Gasteiger partial charge on any atom is -0.468 e. The molecule has 140 valence electrons. The van der Waals surface area contributed by atoms with Crippen LogP contribution in [-0.2, 0) is 21.2 Å². The number of aryl methyl sites for hydroxylation is 2. The first-order chi connectivity index (χ1) is 12.3. The molecule has 1 aromatic heterocycles. The van der Waals surface area contributed by atoms with Gasteiger partial charge in [-0.05, 0) is 49.6 Å². The standard InChI is InChI=1S/C19H24N2O4S/c1-14-5-6-15(2)18(10-14)20-19(22)12-21(11-17-4-3-8-25-17)16-7-9-26(23,24)13-16/h3-6,8,10,16H,7,9,11-13H2,1-2H3,(H,20,22)/t16-/m0/s1. The van der Waals surface area contributed by atoms with Crippen LogP contribution < -0.4 is 5.32 Å². The first kappa shape index (κ1) is 18.7. The zero-order chi connectivity index (χ0) is 18.7. The minimum atomic E-state index is -3.03. The Kier molecular flexibility index (Phi) is 5.48. The Labute approximate surface area is 154 Å². The second kappa shape index (κ2) is 7.63. The highest BCUT2D eigenvalue weighted by Gasteiger charge is 2.33. The van der Waals surface area contributed by atoms with E-state index in [1.165, 1.54) is 0 Å². The summed E-state index contributed by atoms with van der Waals surface area (Å²) in [4.78, 5) is 14.5. The van der Waals surface area contributed by atoms with Crippen LogP contribution >= 0.6 is 0 Å². The van der Waals surface area contributed by atoms with E-state index >= 15 is 0 Å². The molecule has 3 rings (SSSR count). The van der Waals surface area contributed by atoms with Gasteiger partial charge in [0.25, 0.3) is 0 Å². The molecule has 2 aromatic rings. The van der Waals surface area contributed by atoms with Gasteiger partial charge in [-0.25, -0.2) is 8.42 Å². The number of hydrogen-bond acceptors (Lipinski definition) is 5. The van der Waals surface area contributed by atoms with Crippen LogP contribution in [0.4, 0.5) is 5.69 Å². The molecule has 0 unspecified atom stereocenters. The highest BCUT2D eigenvalue weighted by Crippen LogP contribution is 2.21. The van der Waals surface area contributed by atoms with Gasteiger partial charge in [-0.1, -0.05) is 12.1 Å². The summed E-state index contributed by atoms with van der Waals surface area (Å²) in [6.45, 7) is 4.45. The van der Waals surface area contributed by atoms with Crippen LogP contribution in [0, 0.1) is 13.8 Å². The van der Waals surface area contributed by atoms with Gasteiger partial charge in [-0.2, -0.15) is 0 Å². The number of nitrogens with zero attached hydrogens (tertiary/aromatic N) is 1. The average Bonchev–Trinajstić information content (AvgIpc) is 3.19. The lowest BCUT2D eigenvalue weighted by molar-refractivity contribution is -0.118. The summed E-state index contributed by atoms with van der Waals surface area (Å²) in [5, 5.41) is 2.94. The number of carbonyl (C=O) groups excluding carboxylic acids is 1. The van der Waals surface area contributed by atoms with Gasteiger partial charge in [0.15, 0.2) is 9.84 Å². The average molecular weight is 376 g/mol. The number of carbonyl (C=O) groups is 1. The SMILES string of the molecule is Cc1ccc(C)c(NC(=O)CN(Cc2ccco2)[C@H]2CCS(=O)(=O)C2)c1. The Morgan fingerprint density at radius 1 is 1.31 bits per heavy atom. The maximum Gasteiger partial charge on any atom is 0.238 e. The predicted molar refractivity (Wildman–Crippen MR) is 101 cm³/mol. The fourth-order valence-electron chi connectivity index (χ4n) is 3.22. The van der Waals surface area contributed by atoms with Crippen LogP contribution in [0.2, 0.25) is 0 Å². The zero-order valence-electron chi connectivity index (χ0n) is 15.1. The van der Waals surface area contributed by atoms with Gasteiger partial charge in [-0.3, -0.25) is 9.69 Å². The van der Waals surface area contributed by atoms with Gasteiger partial charge in [0.05, 0.1) is 30.9 Å². The van der Waals surface area contributed by atoms with Crippen LogP contribution in [-0.4, -0.2) is 43.3 Å². The van der Waals surface area contributed by atoms with Crippen molar-refractivity contribution >= 4 is 21.4 Å². The van der Waals surface area contributed by atoms with Crippen molar-refractivity contribution in [2.24, 2.45) is 0 Å². The van der Waals surface area contributed by atoms with E-state index in [1.807, 2.05) is 43.0 Å². The van der Waals surface area contributed by atoms with Gasteiger partial charge in [0.1, 0.15) is 5.76 Å². The maximum absolute atomic E-state index is 12.6. The first-order valence-corrected chi connectivity index (χ1v) is 10.5. The number of rotatable bonds is 6. The summed E-state index contributed by atoms with van der Waals surface area (Å²) >= 11 is 0. The van der Waals surface area contributed by atoms with Crippen molar-refractivity contribution in [3.63, 3.8) is 0 Å². The smallest absolute Gasteiger partial charge is 0.238 e. The maximum atomic E-state index is 12.6. The van der Waals surface area contributed by atoms with Gasteiger partial charge in [0, 0.05) is 11.7 Å². The topological polar surface area (TPSA) is 79.6 Å². The van der Waals surface area contributed by atoms with Crippen molar-refractivity contribution in [3.05, 3.63) is 53.5 Å². The molecular formula is C19H24N2O4S. The molecule has 2 heterocycles. The highest BCUT2D eigenvalue weighted by molar-refractivity contribution is 7.91. The molecule has 0 radical (unpaired) electrons. The molecule has 0 bridgehead atoms. The Morgan fingerprint density at radius 3 is 2.77 bits per heavy atom. The molecule has 1 amide bonds. The second-order valence-electron chi connectivity index (χ2n) is 6.91. The summed E-state index contributed by atoms with van der Waals surface area (Å²) in [5.41, 5.74) is 2.84. The lowest BCUT2D eigenvalue weighted by atomic mass is 10.1. The molecule has 6 nitrogen and oxygen atoms in total. The van der Waals surface area contributed by atoms with Crippen LogP contribution in [0.15, 0.2) is 41.0 Å². The molecule has 1 aliphatic rings. The third-order valence-electron chi connectivity index (χ3n) is 4.68. The van der Waals surface area contributed by atoms with Crippen LogP contribution in [0.1, 0.15) is 23.3 Å². The zero-order valence-corrected chi connectivity index (χ0v) is 15.9. The van der Waals surface area contributed by atoms with Crippen molar-refractivity contribution in [2.45, 2.75) is 32.9 Å². The fourth-order valence-corrected chi connectivity index (χ4v) is 4.99. The predicted octanol–water partition coefficient (Wildman–Crippen LogP) is 2.52. The number of nitrogens with one attached hydrogen (secondary N) is 1. The Morgan fingerprint density at radius 2 is 2.12 bits per heavy atom. The lowest BCUT2D eigenvalue weighted by Crippen LogP contribution is -2.41. The Bertz CT molecular complexity index is 875. The molecule has 0 aliphatic carbocycles. The number of hydrogen-bond donors (Lipinski definition) is 1. The number of anilines is 1. The molecule has 0 spiro atoms. The Balaban J connectivity index is 1.72. The van der Waals surface area contributed by atoms with E-state index in [0.717, 1.165) is 16.8 Å². The van der Waals surface area contributed by atoms with Crippen LogP contribution in [0.3, 0.4) is 0 Å². The van der Waals surface area contributed by atoms with Crippen molar-refractivity contribution < 1.29 is 17.6 Å². The number of sulfone groups is 1. The van der Waals surface area contributed by atoms with E-state index in [0.29, 0.717) is 18.7 Å². The van der Waals surface area contributed by atoms with E-state index < -0.39 is 9.84 Å². The van der Waals surface area contributed by atoms with Gasteiger partial charge in [0.2, 0.25) is 5.91 Å². The number of furan rings is 1. The first-order valence-electron chi connectivity index (χ1n) is 8.66. The lowest BCUT2D eigenvalue weighted by Gasteiger charge is -2.26. The van der Waals surface area contributed by atoms with E-state index in [4.69, 9.17) is 4.42 Å². The third kappa shape index (κ3) is 4.74. The van der Waals surface area contributed by atoms with Gasteiger partial charge >= 0.3 is 0 Å².